The third-order valence-electron chi connectivity index (χ3n) is 14.3. The normalized spacial score (nSPS) is 21.5. The zero-order valence-corrected chi connectivity index (χ0v) is 42.6. The van der Waals surface area contributed by atoms with E-state index in [0.717, 1.165) is 39.0 Å². The van der Waals surface area contributed by atoms with Crippen molar-refractivity contribution in [1.82, 2.24) is 49.4 Å². The molecular formula is C51H68N10O8S. The van der Waals surface area contributed by atoms with Crippen molar-refractivity contribution < 1.29 is 38.2 Å². The topological polar surface area (TPSA) is 194 Å². The van der Waals surface area contributed by atoms with Gasteiger partial charge in [0.2, 0.25) is 11.8 Å². The van der Waals surface area contributed by atoms with Crippen molar-refractivity contribution in [2.75, 3.05) is 60.1 Å². The Kier molecular flexibility index (Phi) is 15.1. The van der Waals surface area contributed by atoms with E-state index in [0.29, 0.717) is 88.8 Å². The smallest absolute Gasteiger partial charge is 0.324 e. The number of piperidine rings is 1. The lowest BCUT2D eigenvalue weighted by atomic mass is 9.84. The molecule has 4 aromatic rings. The van der Waals surface area contributed by atoms with Gasteiger partial charge in [0.1, 0.15) is 29.0 Å². The summed E-state index contributed by atoms with van der Waals surface area (Å²) >= 11 is 1.22. The number of cyclic esters (lactones) is 1. The van der Waals surface area contributed by atoms with Gasteiger partial charge in [0.05, 0.1) is 42.9 Å². The maximum atomic E-state index is 14.7. The van der Waals surface area contributed by atoms with Gasteiger partial charge in [-0.25, -0.2) is 15.2 Å². The van der Waals surface area contributed by atoms with E-state index in [-0.39, 0.29) is 37.0 Å². The number of likely N-dealkylation sites (N-methyl/N-ethyl adjacent to an activating group) is 1. The Labute approximate surface area is 414 Å². The SMILES string of the molecule is C=CC(=O)N1CCOC2(CCN(C(=O)N(C)C(C(=O)N[C@H]3Cc4nsc(n4)-c4ccc5c(c4)c(c(-c4cccnc4[C@H](C)OC)n5CC)CC(C)(C)COC(=O)[C@@H]4CCCN(N4)C3=O)C(C)C)CC2)C1. The maximum Gasteiger partial charge on any atom is 0.324 e. The minimum absolute atomic E-state index is 0.0457. The van der Waals surface area contributed by atoms with Gasteiger partial charge in [0, 0.05) is 86.9 Å². The Morgan fingerprint density at radius 1 is 1.10 bits per heavy atom. The number of hydrazine groups is 1. The molecule has 6 bridgehead atoms. The number of hydrogen-bond acceptors (Lipinski definition) is 13. The molecular weight excluding hydrogens is 913 g/mol. The lowest BCUT2D eigenvalue weighted by Crippen LogP contribution is -2.63. The second-order valence-electron chi connectivity index (χ2n) is 20.2. The van der Waals surface area contributed by atoms with Gasteiger partial charge in [-0.15, -0.1) is 0 Å². The van der Waals surface area contributed by atoms with Gasteiger partial charge in [-0.2, -0.15) is 4.37 Å². The maximum absolute atomic E-state index is 14.7. The van der Waals surface area contributed by atoms with E-state index < -0.39 is 46.9 Å². The van der Waals surface area contributed by atoms with Gasteiger partial charge >= 0.3 is 12.0 Å². The summed E-state index contributed by atoms with van der Waals surface area (Å²) in [5, 5.41) is 6.08. The van der Waals surface area contributed by atoms with E-state index in [4.69, 9.17) is 28.6 Å². The predicted molar refractivity (Wildman–Crippen MR) is 265 cm³/mol. The van der Waals surface area contributed by atoms with Gasteiger partial charge in [-0.3, -0.25) is 29.2 Å². The van der Waals surface area contributed by atoms with Gasteiger partial charge in [0.15, 0.2) is 0 Å². The quantitative estimate of drug-likeness (QED) is 0.157. The highest BCUT2D eigenvalue weighted by atomic mass is 32.1. The molecule has 4 atom stereocenters. The van der Waals surface area contributed by atoms with Gasteiger partial charge in [-0.1, -0.05) is 34.3 Å². The molecule has 70 heavy (non-hydrogen) atoms. The molecule has 0 radical (unpaired) electrons. The molecule has 5 amide bonds. The largest absolute Gasteiger partial charge is 0.464 e. The molecule has 19 heteroatoms. The number of aromatic nitrogens is 4. The number of pyridine rings is 1. The first-order chi connectivity index (χ1) is 33.5. The molecule has 0 aliphatic carbocycles. The van der Waals surface area contributed by atoms with Crippen molar-refractivity contribution in [3.05, 3.63) is 66.3 Å². The molecule has 8 rings (SSSR count). The van der Waals surface area contributed by atoms with Crippen molar-refractivity contribution in [2.45, 2.75) is 116 Å². The lowest BCUT2D eigenvalue weighted by Gasteiger charge is -2.47. The number of esters is 1. The summed E-state index contributed by atoms with van der Waals surface area (Å²) < 4.78 is 25.2. The predicted octanol–water partition coefficient (Wildman–Crippen LogP) is 5.55. The fourth-order valence-electron chi connectivity index (χ4n) is 10.6. The van der Waals surface area contributed by atoms with E-state index in [1.807, 2.05) is 32.9 Å². The Morgan fingerprint density at radius 2 is 1.87 bits per heavy atom. The Bertz CT molecular complexity index is 2620. The van der Waals surface area contributed by atoms with Gasteiger partial charge in [-0.05, 0) is 105 Å². The molecule has 3 fully saturated rings. The molecule has 4 aliphatic heterocycles. The lowest BCUT2D eigenvalue weighted by molar-refractivity contribution is -0.155. The summed E-state index contributed by atoms with van der Waals surface area (Å²) in [6.07, 6.45) is 5.37. The average molecular weight is 981 g/mol. The van der Waals surface area contributed by atoms with E-state index in [2.05, 4.69) is 60.9 Å². The summed E-state index contributed by atoms with van der Waals surface area (Å²) in [7, 11) is 3.29. The van der Waals surface area contributed by atoms with Crippen molar-refractivity contribution in [1.29, 1.82) is 0 Å². The van der Waals surface area contributed by atoms with E-state index in [9.17, 15) is 24.0 Å². The van der Waals surface area contributed by atoms with Crippen LogP contribution < -0.4 is 10.7 Å². The summed E-state index contributed by atoms with van der Waals surface area (Å²) in [5.41, 5.74) is 7.81. The summed E-state index contributed by atoms with van der Waals surface area (Å²) in [6, 6.07) is 7.07. The van der Waals surface area contributed by atoms with E-state index in [1.54, 1.807) is 30.2 Å². The van der Waals surface area contributed by atoms with Crippen LogP contribution in [0.25, 0.3) is 32.7 Å². The molecule has 4 aliphatic rings. The van der Waals surface area contributed by atoms with Crippen LogP contribution in [0, 0.1) is 11.3 Å². The van der Waals surface area contributed by atoms with Crippen LogP contribution in [0.5, 0.6) is 0 Å². The average Bonchev–Trinajstić information content (AvgIpc) is 3.95. The number of likely N-dealkylation sites (tertiary alicyclic amines) is 1. The molecule has 1 spiro atoms. The Balaban J connectivity index is 1.10. The number of aryl methyl sites for hydroxylation is 1. The molecule has 1 unspecified atom stereocenters. The van der Waals surface area contributed by atoms with E-state index in [1.165, 1.54) is 27.5 Å². The van der Waals surface area contributed by atoms with Crippen molar-refractivity contribution in [3.8, 4) is 21.8 Å². The molecule has 376 valence electrons. The summed E-state index contributed by atoms with van der Waals surface area (Å²) in [5.74, 6) is -1.56. The van der Waals surface area contributed by atoms with Crippen LogP contribution in [0.4, 0.5) is 4.79 Å². The second kappa shape index (κ2) is 20.9. The highest BCUT2D eigenvalue weighted by Gasteiger charge is 2.44. The van der Waals surface area contributed by atoms with Crippen LogP contribution in [0.15, 0.2) is 49.2 Å². The highest BCUT2D eigenvalue weighted by Crippen LogP contribution is 2.42. The highest BCUT2D eigenvalue weighted by molar-refractivity contribution is 7.09. The monoisotopic (exact) mass is 980 g/mol. The fraction of sp³-hybridized carbons (Fsp3) is 0.569. The number of hydrogen-bond donors (Lipinski definition) is 2. The van der Waals surface area contributed by atoms with Gasteiger partial charge < -0.3 is 38.8 Å². The molecule has 2 N–H and O–H groups in total. The number of amides is 5. The van der Waals surface area contributed by atoms with E-state index >= 15 is 0 Å². The minimum atomic E-state index is -1.15. The molecule has 0 saturated carbocycles. The number of carbonyl (C=O) groups is 5. The minimum Gasteiger partial charge on any atom is -0.464 e. The number of carbonyl (C=O) groups excluding carboxylic acids is 5. The third-order valence-corrected chi connectivity index (χ3v) is 15.1. The van der Waals surface area contributed by atoms with Crippen LogP contribution in [0.3, 0.4) is 0 Å². The molecule has 7 heterocycles. The van der Waals surface area contributed by atoms with Gasteiger partial charge in [0.25, 0.3) is 5.91 Å². The number of nitrogens with one attached hydrogen (secondary N) is 2. The van der Waals surface area contributed by atoms with Crippen LogP contribution in [-0.2, 0) is 52.8 Å². The standard InChI is InChI=1S/C51H68N10O8S/c1-10-41(62)59-24-25-69-51(29-59)18-22-58(23-19-51)49(66)57(8)43(31(3)4)45(63)53-38-27-40-54-46(70-56-40)33-16-17-39-35(26-33)36(44(60(39)11-2)34-14-12-20-52-42(34)32(5)67-9)28-50(6,7)30-68-48(65)37-15-13-21-61(55-37)47(38)64/h10,12,14,16-17,20,26,31-32,37-38,43,55H,1,11,13,15,18-19,21-25,27-30H2,2-9H3,(H,53,63)/t32-,37-,38-,43?/m0/s1. The number of rotatable bonds is 9. The molecule has 3 saturated heterocycles. The molecule has 3 aromatic heterocycles. The fourth-order valence-corrected chi connectivity index (χ4v) is 11.2. The number of methoxy groups -OCH3 is 1. The molecule has 18 nitrogen and oxygen atoms in total. The number of nitrogens with zero attached hydrogens (tertiary/aromatic N) is 8. The zero-order chi connectivity index (χ0) is 50.1. The Hall–Kier alpha value is -5.76. The van der Waals surface area contributed by atoms with Crippen molar-refractivity contribution in [3.63, 3.8) is 0 Å². The molecule has 1 aromatic carbocycles. The summed E-state index contributed by atoms with van der Waals surface area (Å²) in [6.45, 7) is 18.8. The first kappa shape index (κ1) is 50.6. The third kappa shape index (κ3) is 10.3. The number of fused-ring (bicyclic) bond motifs is 6. The zero-order valence-electron chi connectivity index (χ0n) is 41.8. The van der Waals surface area contributed by atoms with Crippen LogP contribution in [0.1, 0.15) is 90.4 Å². The first-order valence-electron chi connectivity index (χ1n) is 24.5. The number of morpholine rings is 1. The van der Waals surface area contributed by atoms with Crippen molar-refractivity contribution >= 4 is 52.2 Å². The number of urea groups is 1. The number of ether oxygens (including phenoxy) is 3. The first-order valence-corrected chi connectivity index (χ1v) is 25.3. The second-order valence-corrected chi connectivity index (χ2v) is 21.0. The Morgan fingerprint density at radius 3 is 2.59 bits per heavy atom. The summed E-state index contributed by atoms with van der Waals surface area (Å²) in [4.78, 5) is 84.6. The van der Waals surface area contributed by atoms with Crippen LogP contribution in [-0.4, -0.2) is 152 Å². The van der Waals surface area contributed by atoms with Crippen molar-refractivity contribution in [2.24, 2.45) is 11.3 Å². The number of benzene rings is 1. The van der Waals surface area contributed by atoms with Crippen LogP contribution in [0.2, 0.25) is 0 Å². The van der Waals surface area contributed by atoms with Crippen LogP contribution >= 0.6 is 11.5 Å².